The largest absolute Gasteiger partial charge is 0.303 e. The van der Waals surface area contributed by atoms with Gasteiger partial charge in [0.25, 0.3) is 5.56 Å². The number of hydrogen-bond donors (Lipinski definition) is 1. The first kappa shape index (κ1) is 11.8. The van der Waals surface area contributed by atoms with E-state index in [1.807, 2.05) is 6.26 Å². The molecule has 0 aliphatic rings. The van der Waals surface area contributed by atoms with Gasteiger partial charge in [0.05, 0.1) is 17.5 Å². The van der Waals surface area contributed by atoms with Crippen molar-refractivity contribution < 1.29 is 0 Å². The summed E-state index contributed by atoms with van der Waals surface area (Å²) in [5.41, 5.74) is 1.03. The molecule has 1 aromatic heterocycles. The minimum absolute atomic E-state index is 0.155. The van der Waals surface area contributed by atoms with Gasteiger partial charge in [-0.25, -0.2) is 4.98 Å². The predicted octanol–water partition coefficient (Wildman–Crippen LogP) is 0.696. The number of hydrogen-bond acceptors (Lipinski definition) is 5. The van der Waals surface area contributed by atoms with Gasteiger partial charge < -0.3 is 9.99 Å². The lowest BCUT2D eigenvalue weighted by molar-refractivity contribution is 0.440. The number of rotatable bonds is 3. The van der Waals surface area contributed by atoms with E-state index in [1.54, 1.807) is 26.0 Å². The monoisotopic (exact) mass is 226 g/mol. The van der Waals surface area contributed by atoms with Crippen LogP contribution in [0.5, 0.6) is 0 Å². The van der Waals surface area contributed by atoms with Gasteiger partial charge in [0, 0.05) is 14.1 Å². The third kappa shape index (κ3) is 3.09. The zero-order valence-electron chi connectivity index (χ0n) is 9.24. The third-order valence-corrected chi connectivity index (χ3v) is 2.32. The third-order valence-electron chi connectivity index (χ3n) is 1.74. The van der Waals surface area contributed by atoms with E-state index in [2.05, 4.69) is 15.1 Å². The summed E-state index contributed by atoms with van der Waals surface area (Å²) in [6, 6.07) is 0. The van der Waals surface area contributed by atoms with Crippen LogP contribution in [-0.4, -0.2) is 41.5 Å². The molecule has 0 spiro atoms. The van der Waals surface area contributed by atoms with Crippen molar-refractivity contribution in [3.8, 4) is 0 Å². The number of H-pyrrole nitrogens is 1. The van der Waals surface area contributed by atoms with Crippen LogP contribution in [0.15, 0.2) is 15.1 Å². The van der Waals surface area contributed by atoms with Gasteiger partial charge in [0.15, 0.2) is 5.16 Å². The van der Waals surface area contributed by atoms with Crippen LogP contribution in [-0.2, 0) is 0 Å². The van der Waals surface area contributed by atoms with Crippen LogP contribution in [0.25, 0.3) is 0 Å². The Hall–Kier alpha value is -1.30. The van der Waals surface area contributed by atoms with Crippen molar-refractivity contribution in [1.82, 2.24) is 15.0 Å². The minimum Gasteiger partial charge on any atom is -0.303 e. The maximum atomic E-state index is 11.6. The van der Waals surface area contributed by atoms with Gasteiger partial charge in [-0.15, -0.1) is 0 Å². The Labute approximate surface area is 92.6 Å². The normalized spacial score (nSPS) is 10.9. The van der Waals surface area contributed by atoms with Crippen molar-refractivity contribution in [1.29, 1.82) is 0 Å². The van der Waals surface area contributed by atoms with Crippen molar-refractivity contribution in [2.75, 3.05) is 20.4 Å². The van der Waals surface area contributed by atoms with Gasteiger partial charge in [-0.1, -0.05) is 11.8 Å². The minimum atomic E-state index is -0.155. The molecule has 6 heteroatoms. The molecule has 0 amide bonds. The number of aromatic amines is 1. The molecule has 0 saturated heterocycles. The molecule has 0 radical (unpaired) electrons. The first-order valence-electron chi connectivity index (χ1n) is 4.41. The van der Waals surface area contributed by atoms with Crippen LogP contribution < -0.4 is 5.56 Å². The van der Waals surface area contributed by atoms with Crippen molar-refractivity contribution in [3.63, 3.8) is 0 Å². The second kappa shape index (κ2) is 4.97. The summed E-state index contributed by atoms with van der Waals surface area (Å²) < 4.78 is 0. The zero-order chi connectivity index (χ0) is 11.4. The molecular weight excluding hydrogens is 212 g/mol. The number of nitrogens with zero attached hydrogens (tertiary/aromatic N) is 3. The number of thioether (sulfide) groups is 1. The Morgan fingerprint density at radius 3 is 2.67 bits per heavy atom. The van der Waals surface area contributed by atoms with Crippen molar-refractivity contribution >= 4 is 18.0 Å². The Morgan fingerprint density at radius 2 is 2.20 bits per heavy atom. The van der Waals surface area contributed by atoms with Crippen molar-refractivity contribution in [2.45, 2.75) is 12.1 Å². The Kier molecular flexibility index (Phi) is 3.90. The van der Waals surface area contributed by atoms with Crippen LogP contribution in [0.2, 0.25) is 0 Å². The van der Waals surface area contributed by atoms with E-state index in [9.17, 15) is 4.79 Å². The number of nitrogens with one attached hydrogen (secondary N) is 1. The Morgan fingerprint density at radius 1 is 1.53 bits per heavy atom. The molecule has 1 rings (SSSR count). The lowest BCUT2D eigenvalue weighted by atomic mass is 10.2. The molecule has 0 aliphatic carbocycles. The SMILES string of the molecule is CSc1nc(C)c(/C=N/N(C)C)c(=O)[nH]1. The van der Waals surface area contributed by atoms with Crippen LogP contribution >= 0.6 is 11.8 Å². The van der Waals surface area contributed by atoms with Crippen molar-refractivity contribution in [3.05, 3.63) is 21.6 Å². The first-order chi connectivity index (χ1) is 7.04. The highest BCUT2D eigenvalue weighted by Gasteiger charge is 2.05. The molecular formula is C9H14N4OS. The molecule has 0 atom stereocenters. The number of aryl methyl sites for hydroxylation is 1. The summed E-state index contributed by atoms with van der Waals surface area (Å²) in [7, 11) is 3.59. The Balaban J connectivity index is 3.15. The van der Waals surface area contributed by atoms with Gasteiger partial charge in [-0.2, -0.15) is 5.10 Å². The van der Waals surface area contributed by atoms with E-state index in [1.165, 1.54) is 18.0 Å². The van der Waals surface area contributed by atoms with Crippen LogP contribution in [0, 0.1) is 6.92 Å². The molecule has 0 aromatic carbocycles. The standard InChI is InChI=1S/C9H14N4OS/c1-6-7(5-10-13(2)3)8(14)12-9(11-6)15-4/h5H,1-4H3,(H,11,12,14)/b10-5+. The molecule has 1 N–H and O–H groups in total. The average molecular weight is 226 g/mol. The molecule has 0 saturated carbocycles. The number of hydrazone groups is 1. The van der Waals surface area contributed by atoms with E-state index in [0.717, 1.165) is 0 Å². The maximum absolute atomic E-state index is 11.6. The van der Waals surface area contributed by atoms with Gasteiger partial charge in [0.1, 0.15) is 0 Å². The molecule has 0 unspecified atom stereocenters. The summed E-state index contributed by atoms with van der Waals surface area (Å²) >= 11 is 1.41. The van der Waals surface area contributed by atoms with E-state index >= 15 is 0 Å². The van der Waals surface area contributed by atoms with Gasteiger partial charge in [-0.3, -0.25) is 4.79 Å². The van der Waals surface area contributed by atoms with Crippen LogP contribution in [0.4, 0.5) is 0 Å². The Bertz CT molecular complexity index is 425. The van der Waals surface area contributed by atoms with E-state index < -0.39 is 0 Å². The summed E-state index contributed by atoms with van der Waals surface area (Å²) in [5, 5.41) is 6.26. The maximum Gasteiger partial charge on any atom is 0.260 e. The van der Waals surface area contributed by atoms with E-state index in [4.69, 9.17) is 0 Å². The van der Waals surface area contributed by atoms with E-state index in [-0.39, 0.29) is 5.56 Å². The quantitative estimate of drug-likeness (QED) is 0.356. The highest BCUT2D eigenvalue weighted by Crippen LogP contribution is 2.06. The summed E-state index contributed by atoms with van der Waals surface area (Å²) in [6.45, 7) is 1.80. The van der Waals surface area contributed by atoms with E-state index in [0.29, 0.717) is 16.4 Å². The molecule has 1 heterocycles. The zero-order valence-corrected chi connectivity index (χ0v) is 10.1. The molecule has 0 fully saturated rings. The smallest absolute Gasteiger partial charge is 0.260 e. The second-order valence-electron chi connectivity index (χ2n) is 3.17. The fourth-order valence-corrected chi connectivity index (χ4v) is 1.41. The van der Waals surface area contributed by atoms with Crippen molar-refractivity contribution in [2.24, 2.45) is 5.10 Å². The number of aromatic nitrogens is 2. The lowest BCUT2D eigenvalue weighted by Crippen LogP contribution is -2.17. The van der Waals surface area contributed by atoms with Gasteiger partial charge >= 0.3 is 0 Å². The average Bonchev–Trinajstić information content (AvgIpc) is 2.15. The highest BCUT2D eigenvalue weighted by molar-refractivity contribution is 7.98. The van der Waals surface area contributed by atoms with Crippen LogP contribution in [0.3, 0.4) is 0 Å². The van der Waals surface area contributed by atoms with Gasteiger partial charge in [0.2, 0.25) is 0 Å². The molecule has 0 aliphatic heterocycles. The molecule has 1 aromatic rings. The van der Waals surface area contributed by atoms with Gasteiger partial charge in [-0.05, 0) is 13.2 Å². The highest BCUT2D eigenvalue weighted by atomic mass is 32.2. The first-order valence-corrected chi connectivity index (χ1v) is 5.63. The predicted molar refractivity (Wildman–Crippen MR) is 62.7 cm³/mol. The summed E-state index contributed by atoms with van der Waals surface area (Å²) in [6.07, 6.45) is 3.39. The fraction of sp³-hybridized carbons (Fsp3) is 0.444. The summed E-state index contributed by atoms with van der Waals surface area (Å²) in [5.74, 6) is 0. The molecule has 82 valence electrons. The summed E-state index contributed by atoms with van der Waals surface area (Å²) in [4.78, 5) is 18.5. The molecule has 0 bridgehead atoms. The molecule has 15 heavy (non-hydrogen) atoms. The topological polar surface area (TPSA) is 61.4 Å². The molecule has 5 nitrogen and oxygen atoms in total. The van der Waals surface area contributed by atoms with Crippen LogP contribution in [0.1, 0.15) is 11.3 Å². The second-order valence-corrected chi connectivity index (χ2v) is 3.96. The lowest BCUT2D eigenvalue weighted by Gasteiger charge is -2.04. The fourth-order valence-electron chi connectivity index (χ4n) is 0.991.